The number of carboxylic acids is 1. The third kappa shape index (κ3) is 2.72. The zero-order valence-corrected chi connectivity index (χ0v) is 8.49. The number of ether oxygens (including phenoxy) is 1. The highest BCUT2D eigenvalue weighted by Crippen LogP contribution is 2.23. The summed E-state index contributed by atoms with van der Waals surface area (Å²) in [5.41, 5.74) is 0. The summed E-state index contributed by atoms with van der Waals surface area (Å²) in [6.07, 6.45) is -13.5. The maximum Gasteiger partial charge on any atom is 0.335 e. The predicted molar refractivity (Wildman–Crippen MR) is 48.5 cm³/mol. The number of rotatable bonds is 3. The molecule has 0 saturated carbocycles. The van der Waals surface area contributed by atoms with Gasteiger partial charge in [-0.15, -0.1) is 0 Å². The third-order valence-corrected chi connectivity index (χ3v) is 2.54. The highest BCUT2D eigenvalue weighted by atomic mass is 16.6. The van der Waals surface area contributed by atoms with Gasteiger partial charge in [-0.2, -0.15) is 0 Å². The van der Waals surface area contributed by atoms with Crippen LogP contribution in [0.15, 0.2) is 0 Å². The minimum absolute atomic E-state index is 1.74. The summed E-state index contributed by atoms with van der Waals surface area (Å²) >= 11 is 0. The normalized spacial score (nSPS) is 41.9. The van der Waals surface area contributed by atoms with Crippen LogP contribution in [0, 0.1) is 0 Å². The van der Waals surface area contributed by atoms with Crippen molar-refractivity contribution in [1.82, 2.24) is 0 Å². The monoisotopic (exact) mass is 254 g/mol. The molecule has 0 amide bonds. The third-order valence-electron chi connectivity index (χ3n) is 2.54. The van der Waals surface area contributed by atoms with E-state index in [9.17, 15) is 20.1 Å². The first-order valence-corrected chi connectivity index (χ1v) is 4.74. The fourth-order valence-electron chi connectivity index (χ4n) is 1.50. The first-order chi connectivity index (χ1) is 7.77. The second-order valence-electron chi connectivity index (χ2n) is 3.74. The Morgan fingerprint density at radius 1 is 1.00 bits per heavy atom. The molecular formula is C8H14O9. The first-order valence-electron chi connectivity index (χ1n) is 4.74. The van der Waals surface area contributed by atoms with Gasteiger partial charge in [-0.3, -0.25) is 0 Å². The zero-order valence-electron chi connectivity index (χ0n) is 8.49. The Morgan fingerprint density at radius 2 is 1.53 bits per heavy atom. The van der Waals surface area contributed by atoms with Crippen molar-refractivity contribution in [1.29, 1.82) is 0 Å². The summed E-state index contributed by atoms with van der Waals surface area (Å²) < 4.78 is 4.54. The van der Waals surface area contributed by atoms with E-state index >= 15 is 0 Å². The number of carboxylic acid groups (broad SMARTS) is 1. The largest absolute Gasteiger partial charge is 0.479 e. The van der Waals surface area contributed by atoms with Crippen LogP contribution in [0.5, 0.6) is 0 Å². The van der Waals surface area contributed by atoms with E-state index in [0.717, 1.165) is 0 Å². The Labute approximate surface area is 95.1 Å². The number of hydrogen-bond donors (Lipinski definition) is 7. The second kappa shape index (κ2) is 5.23. The van der Waals surface area contributed by atoms with Crippen molar-refractivity contribution in [2.24, 2.45) is 0 Å². The topological polar surface area (TPSA) is 168 Å². The van der Waals surface area contributed by atoms with Crippen LogP contribution in [-0.4, -0.2) is 84.6 Å². The summed E-state index contributed by atoms with van der Waals surface area (Å²) in [7, 11) is 0. The number of carbonyl (C=O) groups is 1. The summed E-state index contributed by atoms with van der Waals surface area (Å²) in [5, 5.41) is 63.8. The van der Waals surface area contributed by atoms with Gasteiger partial charge >= 0.3 is 5.97 Å². The van der Waals surface area contributed by atoms with Gasteiger partial charge in [0.2, 0.25) is 0 Å². The maximum atomic E-state index is 10.4. The average molecular weight is 254 g/mol. The highest BCUT2D eigenvalue weighted by molar-refractivity contribution is 5.72. The van der Waals surface area contributed by atoms with Gasteiger partial charge in [0.1, 0.15) is 30.5 Å². The molecule has 0 spiro atoms. The van der Waals surface area contributed by atoms with Crippen molar-refractivity contribution in [2.45, 2.75) is 42.9 Å². The molecule has 7 N–H and O–H groups in total. The van der Waals surface area contributed by atoms with Gasteiger partial charge in [0.25, 0.3) is 0 Å². The molecular weight excluding hydrogens is 240 g/mol. The Bertz CT molecular complexity index is 282. The lowest BCUT2D eigenvalue weighted by Gasteiger charge is -2.40. The standard InChI is InChI=1S/C8H14O9/c9-1-2(10)6(17-8(16)5(1)13)3(11)4(12)7(14)15/h1-6,8-13,16H,(H,14,15). The van der Waals surface area contributed by atoms with E-state index in [1.165, 1.54) is 0 Å². The summed E-state index contributed by atoms with van der Waals surface area (Å²) in [5.74, 6) is -1.76. The molecule has 0 aromatic rings. The molecule has 1 fully saturated rings. The maximum absolute atomic E-state index is 10.4. The average Bonchev–Trinajstić information content (AvgIpc) is 2.29. The van der Waals surface area contributed by atoms with Crippen LogP contribution in [-0.2, 0) is 9.53 Å². The molecule has 100 valence electrons. The van der Waals surface area contributed by atoms with Crippen LogP contribution < -0.4 is 0 Å². The molecule has 9 heteroatoms. The van der Waals surface area contributed by atoms with E-state index in [0.29, 0.717) is 0 Å². The molecule has 0 aliphatic carbocycles. The van der Waals surface area contributed by atoms with Crippen molar-refractivity contribution in [3.63, 3.8) is 0 Å². The highest BCUT2D eigenvalue weighted by Gasteiger charge is 2.48. The molecule has 7 atom stereocenters. The van der Waals surface area contributed by atoms with Crippen LogP contribution in [0.4, 0.5) is 0 Å². The summed E-state index contributed by atoms with van der Waals surface area (Å²) in [4.78, 5) is 10.4. The molecule has 0 bridgehead atoms. The van der Waals surface area contributed by atoms with Crippen LogP contribution >= 0.6 is 0 Å². The molecule has 17 heavy (non-hydrogen) atoms. The smallest absolute Gasteiger partial charge is 0.335 e. The zero-order chi connectivity index (χ0) is 13.3. The van der Waals surface area contributed by atoms with Gasteiger partial charge in [-0.05, 0) is 0 Å². The van der Waals surface area contributed by atoms with Gasteiger partial charge < -0.3 is 40.5 Å². The van der Waals surface area contributed by atoms with E-state index in [1.54, 1.807) is 0 Å². The number of aliphatic carboxylic acids is 1. The minimum Gasteiger partial charge on any atom is -0.479 e. The lowest BCUT2D eigenvalue weighted by Crippen LogP contribution is -2.62. The van der Waals surface area contributed by atoms with Crippen molar-refractivity contribution in [3.8, 4) is 0 Å². The lowest BCUT2D eigenvalue weighted by atomic mass is 9.93. The molecule has 1 aliphatic heterocycles. The van der Waals surface area contributed by atoms with Gasteiger partial charge in [-0.1, -0.05) is 0 Å². The molecule has 7 unspecified atom stereocenters. The number of aliphatic hydroxyl groups is 6. The molecule has 1 heterocycles. The minimum atomic E-state index is -2.26. The van der Waals surface area contributed by atoms with Gasteiger partial charge in [0.05, 0.1) is 0 Å². The van der Waals surface area contributed by atoms with Gasteiger partial charge in [0, 0.05) is 0 Å². The molecule has 0 radical (unpaired) electrons. The molecule has 0 aromatic carbocycles. The molecule has 1 rings (SSSR count). The number of hydrogen-bond acceptors (Lipinski definition) is 8. The fraction of sp³-hybridized carbons (Fsp3) is 0.875. The van der Waals surface area contributed by atoms with Crippen LogP contribution in [0.2, 0.25) is 0 Å². The van der Waals surface area contributed by atoms with E-state index in [1.807, 2.05) is 0 Å². The summed E-state index contributed by atoms with van der Waals surface area (Å²) in [6.45, 7) is 0. The second-order valence-corrected chi connectivity index (χ2v) is 3.74. The Kier molecular flexibility index (Phi) is 4.38. The molecule has 1 aliphatic rings. The van der Waals surface area contributed by atoms with Crippen molar-refractivity contribution < 1.29 is 45.3 Å². The van der Waals surface area contributed by atoms with Crippen molar-refractivity contribution in [2.75, 3.05) is 0 Å². The Hall–Kier alpha value is -0.810. The Morgan fingerprint density at radius 3 is 2.00 bits per heavy atom. The van der Waals surface area contributed by atoms with Gasteiger partial charge in [0.15, 0.2) is 12.4 Å². The van der Waals surface area contributed by atoms with E-state index in [4.69, 9.17) is 20.4 Å². The number of aliphatic hydroxyl groups excluding tert-OH is 6. The first kappa shape index (κ1) is 14.3. The molecule has 1 saturated heterocycles. The molecule has 9 nitrogen and oxygen atoms in total. The lowest BCUT2D eigenvalue weighted by molar-refractivity contribution is -0.302. The van der Waals surface area contributed by atoms with Crippen LogP contribution in [0.3, 0.4) is 0 Å². The van der Waals surface area contributed by atoms with E-state index in [-0.39, 0.29) is 0 Å². The van der Waals surface area contributed by atoms with Crippen molar-refractivity contribution >= 4 is 5.97 Å². The SMILES string of the molecule is O=C(O)C(O)C(O)C1OC(O)C(O)C(O)C1O. The van der Waals surface area contributed by atoms with E-state index in [2.05, 4.69) is 4.74 Å². The fourth-order valence-corrected chi connectivity index (χ4v) is 1.50. The van der Waals surface area contributed by atoms with E-state index < -0.39 is 48.9 Å². The van der Waals surface area contributed by atoms with Crippen LogP contribution in [0.1, 0.15) is 0 Å². The van der Waals surface area contributed by atoms with Gasteiger partial charge in [-0.25, -0.2) is 4.79 Å². The quantitative estimate of drug-likeness (QED) is 0.263. The van der Waals surface area contributed by atoms with Crippen LogP contribution in [0.25, 0.3) is 0 Å². The Balaban J connectivity index is 2.80. The van der Waals surface area contributed by atoms with Crippen molar-refractivity contribution in [3.05, 3.63) is 0 Å². The summed E-state index contributed by atoms with van der Waals surface area (Å²) in [6, 6.07) is 0. The predicted octanol–water partition coefficient (Wildman–Crippen LogP) is -4.41. The molecule has 0 aromatic heterocycles.